The Labute approximate surface area is 153 Å². The highest BCUT2D eigenvalue weighted by atomic mass is 19.1. The van der Waals surface area contributed by atoms with Crippen LogP contribution in [0.3, 0.4) is 0 Å². The van der Waals surface area contributed by atoms with Gasteiger partial charge in [-0.2, -0.15) is 5.26 Å². The summed E-state index contributed by atoms with van der Waals surface area (Å²) in [6, 6.07) is 3.75. The molecule has 0 bridgehead atoms. The first-order valence-corrected chi connectivity index (χ1v) is 9.56. The van der Waals surface area contributed by atoms with Crippen molar-refractivity contribution in [3.8, 4) is 11.8 Å². The van der Waals surface area contributed by atoms with Crippen LogP contribution in [0.15, 0.2) is 6.07 Å². The molecule has 0 atom stereocenters. The highest BCUT2D eigenvalue weighted by Gasteiger charge is 2.16. The average molecular weight is 348 g/mol. The lowest BCUT2D eigenvalue weighted by atomic mass is 9.89. The third-order valence-electron chi connectivity index (χ3n) is 4.71. The molecular weight excluding hydrogens is 313 g/mol. The molecule has 0 saturated carbocycles. The Kier molecular flexibility index (Phi) is 8.97. The van der Waals surface area contributed by atoms with Gasteiger partial charge in [0, 0.05) is 5.56 Å². The SMILES string of the molecule is COc1cc(C)c(C#N)c(CCCCCCCCCC(C)(C)C)c1F. The van der Waals surface area contributed by atoms with Crippen LogP contribution in [-0.4, -0.2) is 7.11 Å². The van der Waals surface area contributed by atoms with Crippen molar-refractivity contribution in [2.45, 2.75) is 85.5 Å². The van der Waals surface area contributed by atoms with Crippen LogP contribution in [0, 0.1) is 29.5 Å². The topological polar surface area (TPSA) is 33.0 Å². The molecule has 0 aromatic heterocycles. The van der Waals surface area contributed by atoms with Crippen LogP contribution in [0.2, 0.25) is 0 Å². The summed E-state index contributed by atoms with van der Waals surface area (Å²) in [4.78, 5) is 0. The van der Waals surface area contributed by atoms with Crippen LogP contribution in [0.25, 0.3) is 0 Å². The van der Waals surface area contributed by atoms with E-state index in [-0.39, 0.29) is 11.6 Å². The molecular formula is C22H34FNO. The fraction of sp³-hybridized carbons (Fsp3) is 0.682. The van der Waals surface area contributed by atoms with Gasteiger partial charge in [-0.1, -0.05) is 59.3 Å². The Morgan fingerprint density at radius 2 is 1.60 bits per heavy atom. The summed E-state index contributed by atoms with van der Waals surface area (Å²) in [5.41, 5.74) is 2.22. The standard InChI is InChI=1S/C22H34FNO/c1-17-15-20(25-5)21(23)18(19(17)16-24)13-11-9-7-6-8-10-12-14-22(2,3)4/h15H,6-14H2,1-5H3. The molecule has 1 aromatic carbocycles. The summed E-state index contributed by atoms with van der Waals surface area (Å²) >= 11 is 0. The number of nitrogens with zero attached hydrogens (tertiary/aromatic N) is 1. The second-order valence-corrected chi connectivity index (χ2v) is 8.21. The fourth-order valence-corrected chi connectivity index (χ4v) is 3.21. The van der Waals surface area contributed by atoms with Crippen molar-refractivity contribution in [3.63, 3.8) is 0 Å². The van der Waals surface area contributed by atoms with Gasteiger partial charge in [-0.05, 0) is 43.2 Å². The second kappa shape index (κ2) is 10.4. The number of methoxy groups -OCH3 is 1. The molecule has 0 aliphatic heterocycles. The van der Waals surface area contributed by atoms with Gasteiger partial charge in [0.15, 0.2) is 11.6 Å². The lowest BCUT2D eigenvalue weighted by Crippen LogP contribution is -2.03. The molecule has 0 fully saturated rings. The molecule has 140 valence electrons. The summed E-state index contributed by atoms with van der Waals surface area (Å²) in [6.45, 7) is 8.72. The number of halogens is 1. The predicted molar refractivity (Wildman–Crippen MR) is 102 cm³/mol. The first kappa shape index (κ1) is 21.5. The van der Waals surface area contributed by atoms with E-state index in [0.717, 1.165) is 18.4 Å². The van der Waals surface area contributed by atoms with E-state index in [9.17, 15) is 9.65 Å². The quantitative estimate of drug-likeness (QED) is 0.440. The molecule has 0 saturated heterocycles. The Bertz CT molecular complexity index is 580. The minimum Gasteiger partial charge on any atom is -0.494 e. The van der Waals surface area contributed by atoms with E-state index in [1.54, 1.807) is 6.07 Å². The number of hydrogen-bond acceptors (Lipinski definition) is 2. The highest BCUT2D eigenvalue weighted by molar-refractivity contribution is 5.49. The Hall–Kier alpha value is -1.56. The van der Waals surface area contributed by atoms with E-state index in [0.29, 0.717) is 23.0 Å². The molecule has 0 amide bonds. The van der Waals surface area contributed by atoms with E-state index in [4.69, 9.17) is 4.74 Å². The number of nitriles is 1. The van der Waals surface area contributed by atoms with Crippen LogP contribution in [0.1, 0.15) is 88.8 Å². The lowest BCUT2D eigenvalue weighted by Gasteiger charge is -2.17. The van der Waals surface area contributed by atoms with Gasteiger partial charge in [0.1, 0.15) is 0 Å². The second-order valence-electron chi connectivity index (χ2n) is 8.21. The Balaban J connectivity index is 2.35. The van der Waals surface area contributed by atoms with Crippen molar-refractivity contribution in [1.82, 2.24) is 0 Å². The molecule has 0 aliphatic carbocycles. The number of benzene rings is 1. The molecule has 0 radical (unpaired) electrons. The van der Waals surface area contributed by atoms with E-state index in [1.807, 2.05) is 6.92 Å². The highest BCUT2D eigenvalue weighted by Crippen LogP contribution is 2.28. The van der Waals surface area contributed by atoms with Crippen LogP contribution >= 0.6 is 0 Å². The van der Waals surface area contributed by atoms with Crippen molar-refractivity contribution >= 4 is 0 Å². The molecule has 3 heteroatoms. The van der Waals surface area contributed by atoms with E-state index >= 15 is 0 Å². The van der Waals surface area contributed by atoms with Gasteiger partial charge in [0.05, 0.1) is 18.7 Å². The maximum atomic E-state index is 14.4. The zero-order valence-corrected chi connectivity index (χ0v) is 16.7. The van der Waals surface area contributed by atoms with Crippen molar-refractivity contribution in [3.05, 3.63) is 28.6 Å². The molecule has 0 heterocycles. The van der Waals surface area contributed by atoms with Gasteiger partial charge >= 0.3 is 0 Å². The molecule has 0 spiro atoms. The molecule has 0 unspecified atom stereocenters. The maximum Gasteiger partial charge on any atom is 0.169 e. The molecule has 1 aromatic rings. The van der Waals surface area contributed by atoms with Crippen molar-refractivity contribution in [1.29, 1.82) is 5.26 Å². The number of aryl methyl sites for hydroxylation is 1. The number of rotatable bonds is 10. The van der Waals surface area contributed by atoms with Crippen LogP contribution in [0.4, 0.5) is 4.39 Å². The van der Waals surface area contributed by atoms with E-state index in [1.165, 1.54) is 45.6 Å². The van der Waals surface area contributed by atoms with Crippen molar-refractivity contribution < 1.29 is 9.13 Å². The van der Waals surface area contributed by atoms with E-state index < -0.39 is 0 Å². The number of ether oxygens (including phenoxy) is 1. The minimum absolute atomic E-state index is 0.241. The van der Waals surface area contributed by atoms with Gasteiger partial charge < -0.3 is 4.74 Å². The first-order chi connectivity index (χ1) is 11.8. The largest absolute Gasteiger partial charge is 0.494 e. The molecule has 0 aliphatic rings. The number of unbranched alkanes of at least 4 members (excludes halogenated alkanes) is 6. The third kappa shape index (κ3) is 7.46. The predicted octanol–water partition coefficient (Wildman–Crippen LogP) is 6.72. The van der Waals surface area contributed by atoms with Crippen molar-refractivity contribution in [2.24, 2.45) is 5.41 Å². The zero-order valence-electron chi connectivity index (χ0n) is 16.7. The monoisotopic (exact) mass is 347 g/mol. The Morgan fingerprint density at radius 3 is 2.12 bits per heavy atom. The fourth-order valence-electron chi connectivity index (χ4n) is 3.21. The lowest BCUT2D eigenvalue weighted by molar-refractivity contribution is 0.356. The summed E-state index contributed by atoms with van der Waals surface area (Å²) < 4.78 is 19.5. The maximum absolute atomic E-state index is 14.4. The smallest absolute Gasteiger partial charge is 0.169 e. The van der Waals surface area contributed by atoms with Crippen LogP contribution in [0.5, 0.6) is 5.75 Å². The first-order valence-electron chi connectivity index (χ1n) is 9.56. The summed E-state index contributed by atoms with van der Waals surface area (Å²) in [6.07, 6.45) is 10.2. The Morgan fingerprint density at radius 1 is 1.04 bits per heavy atom. The zero-order chi connectivity index (χ0) is 18.9. The summed E-state index contributed by atoms with van der Waals surface area (Å²) in [7, 11) is 1.47. The number of hydrogen-bond donors (Lipinski definition) is 0. The molecule has 1 rings (SSSR count). The van der Waals surface area contributed by atoms with E-state index in [2.05, 4.69) is 26.8 Å². The minimum atomic E-state index is -0.369. The van der Waals surface area contributed by atoms with Gasteiger partial charge in [0.25, 0.3) is 0 Å². The summed E-state index contributed by atoms with van der Waals surface area (Å²) in [5, 5.41) is 9.31. The normalized spacial score (nSPS) is 11.4. The van der Waals surface area contributed by atoms with Crippen LogP contribution < -0.4 is 4.74 Å². The van der Waals surface area contributed by atoms with Crippen molar-refractivity contribution in [2.75, 3.05) is 7.11 Å². The third-order valence-corrected chi connectivity index (χ3v) is 4.71. The average Bonchev–Trinajstić information content (AvgIpc) is 2.54. The van der Waals surface area contributed by atoms with Gasteiger partial charge in [-0.3, -0.25) is 0 Å². The summed E-state index contributed by atoms with van der Waals surface area (Å²) in [5.74, 6) is -0.128. The van der Waals surface area contributed by atoms with Crippen LogP contribution in [-0.2, 0) is 6.42 Å². The molecule has 25 heavy (non-hydrogen) atoms. The molecule has 0 N–H and O–H groups in total. The van der Waals surface area contributed by atoms with Gasteiger partial charge in [-0.15, -0.1) is 0 Å². The molecule has 2 nitrogen and oxygen atoms in total. The van der Waals surface area contributed by atoms with Gasteiger partial charge in [-0.25, -0.2) is 4.39 Å². The van der Waals surface area contributed by atoms with Gasteiger partial charge in [0.2, 0.25) is 0 Å².